The van der Waals surface area contributed by atoms with Crippen LogP contribution in [-0.2, 0) is 6.54 Å². The van der Waals surface area contributed by atoms with E-state index in [1.54, 1.807) is 29.4 Å². The van der Waals surface area contributed by atoms with E-state index in [-0.39, 0.29) is 29.8 Å². The SMILES string of the molecule is I.NC(=NCc1ccc(-n2ccnc2)c(F)c1)NCC1CCC1. The fourth-order valence-corrected chi connectivity index (χ4v) is 2.44. The summed E-state index contributed by atoms with van der Waals surface area (Å²) < 4.78 is 15.7. The lowest BCUT2D eigenvalue weighted by molar-refractivity contribution is 0.315. The number of hydrogen-bond acceptors (Lipinski definition) is 2. The number of nitrogens with zero attached hydrogens (tertiary/aromatic N) is 3. The molecule has 1 fully saturated rings. The lowest BCUT2D eigenvalue weighted by Gasteiger charge is -2.25. The average Bonchev–Trinajstić information content (AvgIpc) is 2.97. The Hall–Kier alpha value is -1.64. The van der Waals surface area contributed by atoms with Crippen LogP contribution in [-0.4, -0.2) is 22.1 Å². The Balaban J connectivity index is 0.00000192. The highest BCUT2D eigenvalue weighted by Gasteiger charge is 2.16. The average molecular weight is 429 g/mol. The van der Waals surface area contributed by atoms with Crippen LogP contribution in [0.1, 0.15) is 24.8 Å². The fraction of sp³-hybridized carbons (Fsp3) is 0.375. The van der Waals surface area contributed by atoms with E-state index in [4.69, 9.17) is 5.73 Å². The minimum atomic E-state index is -0.299. The molecule has 1 aliphatic carbocycles. The van der Waals surface area contributed by atoms with Gasteiger partial charge in [0, 0.05) is 18.9 Å². The third kappa shape index (κ3) is 4.66. The van der Waals surface area contributed by atoms with Gasteiger partial charge in [-0.3, -0.25) is 0 Å². The van der Waals surface area contributed by atoms with Gasteiger partial charge in [-0.1, -0.05) is 12.5 Å². The lowest BCUT2D eigenvalue weighted by atomic mass is 9.85. The number of imidazole rings is 1. The Bertz CT molecular complexity index is 652. The Morgan fingerprint density at radius 1 is 1.43 bits per heavy atom. The van der Waals surface area contributed by atoms with E-state index >= 15 is 0 Å². The highest BCUT2D eigenvalue weighted by molar-refractivity contribution is 14.0. The van der Waals surface area contributed by atoms with Gasteiger partial charge in [0.1, 0.15) is 5.82 Å². The van der Waals surface area contributed by atoms with Crippen LogP contribution in [0, 0.1) is 11.7 Å². The summed E-state index contributed by atoms with van der Waals surface area (Å²) in [6, 6.07) is 5.05. The third-order valence-corrected chi connectivity index (χ3v) is 4.02. The number of guanidine groups is 1. The van der Waals surface area contributed by atoms with E-state index in [1.165, 1.54) is 25.3 Å². The molecule has 5 nitrogen and oxygen atoms in total. The maximum absolute atomic E-state index is 14.1. The Labute approximate surface area is 152 Å². The standard InChI is InChI=1S/C16H20FN5.HI/c17-14-8-13(4-5-15(14)22-7-6-19-11-22)10-21-16(18)20-9-12-2-1-3-12;/h4-8,11-12H,1-3,9-10H2,(H3,18,20,21);1H. The van der Waals surface area contributed by atoms with E-state index in [0.717, 1.165) is 18.0 Å². The van der Waals surface area contributed by atoms with Gasteiger partial charge >= 0.3 is 0 Å². The molecule has 3 rings (SSSR count). The molecule has 0 unspecified atom stereocenters. The molecule has 2 aromatic rings. The maximum atomic E-state index is 14.1. The van der Waals surface area contributed by atoms with Gasteiger partial charge in [-0.25, -0.2) is 14.4 Å². The molecule has 0 spiro atoms. The summed E-state index contributed by atoms with van der Waals surface area (Å²) in [7, 11) is 0. The molecule has 124 valence electrons. The van der Waals surface area contributed by atoms with Gasteiger partial charge < -0.3 is 15.6 Å². The first-order valence-corrected chi connectivity index (χ1v) is 7.53. The van der Waals surface area contributed by atoms with Gasteiger partial charge in [-0.15, -0.1) is 24.0 Å². The van der Waals surface area contributed by atoms with Crippen LogP contribution in [0.2, 0.25) is 0 Å². The van der Waals surface area contributed by atoms with Crippen molar-refractivity contribution in [2.24, 2.45) is 16.6 Å². The van der Waals surface area contributed by atoms with E-state index in [2.05, 4.69) is 15.3 Å². The quantitative estimate of drug-likeness (QED) is 0.437. The maximum Gasteiger partial charge on any atom is 0.188 e. The predicted octanol–water partition coefficient (Wildman–Crippen LogP) is 2.83. The summed E-state index contributed by atoms with van der Waals surface area (Å²) in [6.45, 7) is 1.24. The van der Waals surface area contributed by atoms with Gasteiger partial charge in [0.25, 0.3) is 0 Å². The molecule has 1 aliphatic rings. The second-order valence-electron chi connectivity index (χ2n) is 5.64. The van der Waals surface area contributed by atoms with Crippen molar-refractivity contribution >= 4 is 29.9 Å². The van der Waals surface area contributed by atoms with Crippen molar-refractivity contribution in [1.29, 1.82) is 0 Å². The summed E-state index contributed by atoms with van der Waals surface area (Å²) >= 11 is 0. The first kappa shape index (κ1) is 17.7. The van der Waals surface area contributed by atoms with E-state index in [0.29, 0.717) is 18.2 Å². The van der Waals surface area contributed by atoms with Crippen LogP contribution in [0.3, 0.4) is 0 Å². The molecule has 3 N–H and O–H groups in total. The fourth-order valence-electron chi connectivity index (χ4n) is 2.44. The second kappa shape index (κ2) is 8.28. The molecule has 0 bridgehead atoms. The zero-order chi connectivity index (χ0) is 15.4. The van der Waals surface area contributed by atoms with Crippen LogP contribution >= 0.6 is 24.0 Å². The number of benzene rings is 1. The highest BCUT2D eigenvalue weighted by atomic mass is 127. The molecule has 1 heterocycles. The largest absolute Gasteiger partial charge is 0.370 e. The summed E-state index contributed by atoms with van der Waals surface area (Å²) in [4.78, 5) is 8.17. The molecule has 0 radical (unpaired) electrons. The Morgan fingerprint density at radius 3 is 2.87 bits per heavy atom. The number of nitrogens with two attached hydrogens (primary N) is 1. The van der Waals surface area contributed by atoms with Crippen LogP contribution in [0.5, 0.6) is 0 Å². The van der Waals surface area contributed by atoms with Crippen molar-refractivity contribution in [2.45, 2.75) is 25.8 Å². The summed E-state index contributed by atoms with van der Waals surface area (Å²) in [5.74, 6) is 0.846. The number of halogens is 2. The highest BCUT2D eigenvalue weighted by Crippen LogP contribution is 2.25. The van der Waals surface area contributed by atoms with Crippen molar-refractivity contribution in [3.8, 4) is 5.69 Å². The number of aliphatic imine (C=N–C) groups is 1. The van der Waals surface area contributed by atoms with Crippen molar-refractivity contribution < 1.29 is 4.39 Å². The smallest absolute Gasteiger partial charge is 0.188 e. The molecule has 0 saturated heterocycles. The van der Waals surface area contributed by atoms with Crippen LogP contribution in [0.25, 0.3) is 5.69 Å². The molecule has 0 amide bonds. The van der Waals surface area contributed by atoms with Crippen molar-refractivity contribution in [2.75, 3.05) is 6.54 Å². The second-order valence-corrected chi connectivity index (χ2v) is 5.64. The summed E-state index contributed by atoms with van der Waals surface area (Å²) in [5.41, 5.74) is 7.09. The summed E-state index contributed by atoms with van der Waals surface area (Å²) in [6.07, 6.45) is 8.73. The van der Waals surface area contributed by atoms with Gasteiger partial charge in [0.2, 0.25) is 0 Å². The van der Waals surface area contributed by atoms with Gasteiger partial charge in [-0.05, 0) is 36.5 Å². The van der Waals surface area contributed by atoms with Crippen LogP contribution in [0.4, 0.5) is 4.39 Å². The topological polar surface area (TPSA) is 68.2 Å². The minimum Gasteiger partial charge on any atom is -0.370 e. The van der Waals surface area contributed by atoms with E-state index < -0.39 is 0 Å². The predicted molar refractivity (Wildman–Crippen MR) is 99.6 cm³/mol. The van der Waals surface area contributed by atoms with Gasteiger partial charge in [0.15, 0.2) is 5.96 Å². The number of aromatic nitrogens is 2. The van der Waals surface area contributed by atoms with Crippen LogP contribution in [0.15, 0.2) is 41.9 Å². The van der Waals surface area contributed by atoms with E-state index in [1.807, 2.05) is 6.07 Å². The third-order valence-electron chi connectivity index (χ3n) is 4.02. The molecule has 7 heteroatoms. The molecule has 0 aliphatic heterocycles. The van der Waals surface area contributed by atoms with Gasteiger partial charge in [-0.2, -0.15) is 0 Å². The lowest BCUT2D eigenvalue weighted by Crippen LogP contribution is -2.37. The number of rotatable bonds is 5. The number of nitrogens with one attached hydrogen (secondary N) is 1. The zero-order valence-corrected chi connectivity index (χ0v) is 15.1. The number of hydrogen-bond donors (Lipinski definition) is 2. The molecular weight excluding hydrogens is 408 g/mol. The van der Waals surface area contributed by atoms with Crippen LogP contribution < -0.4 is 11.1 Å². The molecular formula is C16H21FIN5. The Morgan fingerprint density at radius 2 is 2.26 bits per heavy atom. The molecule has 1 aromatic heterocycles. The normalized spacial score (nSPS) is 14.9. The van der Waals surface area contributed by atoms with Crippen molar-refractivity contribution in [1.82, 2.24) is 14.9 Å². The van der Waals surface area contributed by atoms with Crippen molar-refractivity contribution in [3.63, 3.8) is 0 Å². The van der Waals surface area contributed by atoms with Crippen molar-refractivity contribution in [3.05, 3.63) is 48.3 Å². The molecule has 23 heavy (non-hydrogen) atoms. The molecule has 1 saturated carbocycles. The zero-order valence-electron chi connectivity index (χ0n) is 12.8. The minimum absolute atomic E-state index is 0. The Kier molecular flexibility index (Phi) is 6.37. The first-order valence-electron chi connectivity index (χ1n) is 7.53. The molecule has 1 aromatic carbocycles. The monoisotopic (exact) mass is 429 g/mol. The molecule has 0 atom stereocenters. The van der Waals surface area contributed by atoms with E-state index in [9.17, 15) is 4.39 Å². The van der Waals surface area contributed by atoms with Gasteiger partial charge in [0.05, 0.1) is 18.6 Å². The summed E-state index contributed by atoms with van der Waals surface area (Å²) in [5, 5.41) is 3.12. The first-order chi connectivity index (χ1) is 10.7.